The molecular weight excluding hydrogens is 376 g/mol. The van der Waals surface area contributed by atoms with E-state index >= 15 is 0 Å². The molecule has 0 radical (unpaired) electrons. The molecule has 0 aromatic heterocycles. The molecule has 0 spiro atoms. The van der Waals surface area contributed by atoms with Crippen LogP contribution in [0.2, 0.25) is 0 Å². The Kier molecular flexibility index (Phi) is 5.77. The van der Waals surface area contributed by atoms with Crippen LogP contribution in [-0.4, -0.2) is 14.3 Å². The maximum Gasteiger partial charge on any atom is 0.251 e. The summed E-state index contributed by atoms with van der Waals surface area (Å²) < 4.78 is 28.7. The van der Waals surface area contributed by atoms with E-state index < -0.39 is 16.1 Å². The van der Waals surface area contributed by atoms with Crippen LogP contribution in [0.3, 0.4) is 0 Å². The fraction of sp³-hybridized carbons (Fsp3) is 0.0952. The predicted molar refractivity (Wildman–Crippen MR) is 107 cm³/mol. The summed E-state index contributed by atoms with van der Waals surface area (Å²) >= 11 is 0. The van der Waals surface area contributed by atoms with E-state index in [1.54, 1.807) is 43.3 Å². The number of benzene rings is 3. The number of amides is 1. The van der Waals surface area contributed by atoms with E-state index in [1.165, 1.54) is 12.1 Å². The highest BCUT2D eigenvalue weighted by Crippen LogP contribution is 2.22. The molecule has 28 heavy (non-hydrogen) atoms. The highest BCUT2D eigenvalue weighted by molar-refractivity contribution is 7.89. The number of ether oxygens (including phenoxy) is 1. The van der Waals surface area contributed by atoms with Gasteiger partial charge in [0.1, 0.15) is 11.5 Å². The van der Waals surface area contributed by atoms with Gasteiger partial charge in [0.25, 0.3) is 5.91 Å². The molecule has 7 heteroatoms. The normalized spacial score (nSPS) is 12.2. The molecule has 1 atom stereocenters. The predicted octanol–water partition coefficient (Wildman–Crippen LogP) is 3.62. The molecule has 0 fully saturated rings. The monoisotopic (exact) mass is 396 g/mol. The molecule has 0 bridgehead atoms. The Hall–Kier alpha value is -3.16. The highest BCUT2D eigenvalue weighted by Gasteiger charge is 2.14. The van der Waals surface area contributed by atoms with E-state index in [0.717, 1.165) is 0 Å². The Morgan fingerprint density at radius 1 is 0.929 bits per heavy atom. The number of carbonyl (C=O) groups is 1. The van der Waals surface area contributed by atoms with Crippen molar-refractivity contribution in [2.24, 2.45) is 5.14 Å². The number of nitrogens with one attached hydrogen (secondary N) is 1. The summed E-state index contributed by atoms with van der Waals surface area (Å²) in [5, 5.41) is 8.01. The van der Waals surface area contributed by atoms with Crippen LogP contribution in [0.1, 0.15) is 28.9 Å². The van der Waals surface area contributed by atoms with Crippen molar-refractivity contribution >= 4 is 15.9 Å². The molecule has 1 amide bonds. The smallest absolute Gasteiger partial charge is 0.251 e. The molecule has 3 aromatic carbocycles. The second-order valence-electron chi connectivity index (χ2n) is 6.25. The minimum absolute atomic E-state index is 0.00788. The molecular formula is C21H20N2O4S. The van der Waals surface area contributed by atoms with Gasteiger partial charge in [-0.05, 0) is 61.0 Å². The number of carbonyl (C=O) groups excluding carboxylic acids is 1. The first-order chi connectivity index (χ1) is 13.3. The summed E-state index contributed by atoms with van der Waals surface area (Å²) in [6, 6.07) is 21.9. The fourth-order valence-corrected chi connectivity index (χ4v) is 3.19. The minimum Gasteiger partial charge on any atom is -0.457 e. The molecule has 0 saturated carbocycles. The van der Waals surface area contributed by atoms with E-state index in [1.807, 2.05) is 30.3 Å². The molecule has 1 unspecified atom stereocenters. The van der Waals surface area contributed by atoms with Crippen molar-refractivity contribution in [3.8, 4) is 11.5 Å². The largest absolute Gasteiger partial charge is 0.457 e. The molecule has 3 rings (SSSR count). The first-order valence-electron chi connectivity index (χ1n) is 8.59. The van der Waals surface area contributed by atoms with Gasteiger partial charge < -0.3 is 10.1 Å². The molecule has 6 nitrogen and oxygen atoms in total. The number of rotatable bonds is 6. The van der Waals surface area contributed by atoms with Gasteiger partial charge in [0.15, 0.2) is 0 Å². The fourth-order valence-electron chi connectivity index (χ4n) is 2.62. The van der Waals surface area contributed by atoms with Gasteiger partial charge >= 0.3 is 0 Å². The molecule has 3 N–H and O–H groups in total. The summed E-state index contributed by atoms with van der Waals surface area (Å²) in [5.41, 5.74) is 1.11. The zero-order valence-electron chi connectivity index (χ0n) is 15.2. The van der Waals surface area contributed by atoms with Crippen molar-refractivity contribution in [3.05, 3.63) is 90.0 Å². The number of para-hydroxylation sites is 1. The van der Waals surface area contributed by atoms with Crippen molar-refractivity contribution in [1.29, 1.82) is 0 Å². The van der Waals surface area contributed by atoms with E-state index in [2.05, 4.69) is 5.32 Å². The number of primary sulfonamides is 1. The Morgan fingerprint density at radius 3 is 2.21 bits per heavy atom. The van der Waals surface area contributed by atoms with Crippen molar-refractivity contribution in [2.45, 2.75) is 17.9 Å². The Bertz CT molecular complexity index is 1070. The lowest BCUT2D eigenvalue weighted by Gasteiger charge is -2.15. The number of sulfonamides is 1. The van der Waals surface area contributed by atoms with E-state index in [0.29, 0.717) is 22.6 Å². The summed E-state index contributed by atoms with van der Waals surface area (Å²) in [7, 11) is -3.80. The SMILES string of the molecule is CC(NC(=O)c1ccc(Oc2ccccc2)cc1)c1cccc(S(N)(=O)=O)c1. The molecule has 0 aliphatic rings. The molecule has 0 aliphatic carbocycles. The number of hydrogen-bond donors (Lipinski definition) is 2. The molecule has 144 valence electrons. The molecule has 0 aliphatic heterocycles. The Labute approximate surface area is 164 Å². The van der Waals surface area contributed by atoms with E-state index in [-0.39, 0.29) is 10.8 Å². The second-order valence-corrected chi connectivity index (χ2v) is 7.81. The van der Waals surface area contributed by atoms with Gasteiger partial charge in [0.05, 0.1) is 10.9 Å². The van der Waals surface area contributed by atoms with Gasteiger partial charge in [0, 0.05) is 5.56 Å². The average Bonchev–Trinajstić information content (AvgIpc) is 2.69. The van der Waals surface area contributed by atoms with Crippen molar-refractivity contribution in [3.63, 3.8) is 0 Å². The number of nitrogens with two attached hydrogens (primary N) is 1. The van der Waals surface area contributed by atoms with Crippen LogP contribution in [0, 0.1) is 0 Å². The first-order valence-corrected chi connectivity index (χ1v) is 10.1. The first kappa shape index (κ1) is 19.6. The average molecular weight is 396 g/mol. The Balaban J connectivity index is 1.67. The third-order valence-corrected chi connectivity index (χ3v) is 5.04. The van der Waals surface area contributed by atoms with Gasteiger partial charge in [-0.2, -0.15) is 0 Å². The molecule has 0 heterocycles. The Morgan fingerprint density at radius 2 is 1.57 bits per heavy atom. The van der Waals surface area contributed by atoms with Crippen LogP contribution in [0.15, 0.2) is 83.8 Å². The zero-order valence-corrected chi connectivity index (χ0v) is 16.0. The quantitative estimate of drug-likeness (QED) is 0.665. The topological polar surface area (TPSA) is 98.5 Å². The summed E-state index contributed by atoms with van der Waals surface area (Å²) in [6.45, 7) is 1.77. The van der Waals surface area contributed by atoms with Crippen molar-refractivity contribution < 1.29 is 17.9 Å². The van der Waals surface area contributed by atoms with Gasteiger partial charge in [-0.3, -0.25) is 4.79 Å². The van der Waals surface area contributed by atoms with Crippen LogP contribution >= 0.6 is 0 Å². The molecule has 3 aromatic rings. The minimum atomic E-state index is -3.80. The van der Waals surface area contributed by atoms with Crippen molar-refractivity contribution in [1.82, 2.24) is 5.32 Å². The number of hydrogen-bond acceptors (Lipinski definition) is 4. The van der Waals surface area contributed by atoms with Gasteiger partial charge in [0.2, 0.25) is 10.0 Å². The standard InChI is InChI=1S/C21H20N2O4S/c1-15(17-6-5-9-20(14-17)28(22,25)26)23-21(24)16-10-12-19(13-11-16)27-18-7-3-2-4-8-18/h2-15H,1H3,(H,23,24)(H2,22,25,26). The maximum absolute atomic E-state index is 12.5. The lowest BCUT2D eigenvalue weighted by Crippen LogP contribution is -2.26. The summed E-state index contributed by atoms with van der Waals surface area (Å²) in [4.78, 5) is 12.5. The van der Waals surface area contributed by atoms with Crippen LogP contribution in [0.5, 0.6) is 11.5 Å². The maximum atomic E-state index is 12.5. The lowest BCUT2D eigenvalue weighted by atomic mass is 10.1. The van der Waals surface area contributed by atoms with Gasteiger partial charge in [-0.15, -0.1) is 0 Å². The van der Waals surface area contributed by atoms with Crippen LogP contribution in [-0.2, 0) is 10.0 Å². The lowest BCUT2D eigenvalue weighted by molar-refractivity contribution is 0.0940. The zero-order chi connectivity index (χ0) is 20.1. The van der Waals surface area contributed by atoms with Crippen LogP contribution in [0.25, 0.3) is 0 Å². The highest BCUT2D eigenvalue weighted by atomic mass is 32.2. The summed E-state index contributed by atoms with van der Waals surface area (Å²) in [5.74, 6) is 1.06. The van der Waals surface area contributed by atoms with Crippen LogP contribution < -0.4 is 15.2 Å². The molecule has 0 saturated heterocycles. The second kappa shape index (κ2) is 8.24. The van der Waals surface area contributed by atoms with E-state index in [4.69, 9.17) is 9.88 Å². The third-order valence-electron chi connectivity index (χ3n) is 4.13. The van der Waals surface area contributed by atoms with Crippen LogP contribution in [0.4, 0.5) is 0 Å². The third kappa shape index (κ3) is 4.97. The van der Waals surface area contributed by atoms with Crippen molar-refractivity contribution in [2.75, 3.05) is 0 Å². The van der Waals surface area contributed by atoms with Gasteiger partial charge in [-0.25, -0.2) is 13.6 Å². The van der Waals surface area contributed by atoms with E-state index in [9.17, 15) is 13.2 Å². The van der Waals surface area contributed by atoms with Gasteiger partial charge in [-0.1, -0.05) is 30.3 Å². The summed E-state index contributed by atoms with van der Waals surface area (Å²) in [6.07, 6.45) is 0.